The van der Waals surface area contributed by atoms with Gasteiger partial charge in [0.15, 0.2) is 0 Å². The number of amides is 1. The lowest BCUT2D eigenvalue weighted by molar-refractivity contribution is 0.0495. The second-order valence-corrected chi connectivity index (χ2v) is 12.4. The fraction of sp³-hybridized carbons (Fsp3) is 0.593. The zero-order chi connectivity index (χ0) is 26.6. The monoisotopic (exact) mass is 532 g/mol. The predicted octanol–water partition coefficient (Wildman–Crippen LogP) is 6.40. The second-order valence-electron chi connectivity index (χ2n) is 10.9. The number of alkyl carbamates (subject to hydrolysis) is 1. The summed E-state index contributed by atoms with van der Waals surface area (Å²) in [6, 6.07) is 6.10. The molecule has 196 valence electrons. The molecular formula is C27H38ClN5O2S. The number of rotatable bonds is 6. The van der Waals surface area contributed by atoms with Gasteiger partial charge in [-0.05, 0) is 70.4 Å². The van der Waals surface area contributed by atoms with Gasteiger partial charge >= 0.3 is 6.09 Å². The van der Waals surface area contributed by atoms with Crippen LogP contribution in [0.5, 0.6) is 0 Å². The Balaban J connectivity index is 1.31. The average Bonchev–Trinajstić information content (AvgIpc) is 2.85. The Morgan fingerprint density at radius 3 is 2.53 bits per heavy atom. The van der Waals surface area contributed by atoms with Gasteiger partial charge in [0, 0.05) is 39.0 Å². The topological polar surface area (TPSA) is 70.6 Å². The number of nitrogens with one attached hydrogen (secondary N) is 1. The van der Waals surface area contributed by atoms with E-state index in [1.54, 1.807) is 0 Å². The highest BCUT2D eigenvalue weighted by Crippen LogP contribution is 2.39. The Bertz CT molecular complexity index is 1070. The molecule has 1 N–H and O–H groups in total. The number of piperidine rings is 2. The number of nitrogens with zero attached hydrogens (tertiary/aromatic N) is 4. The Morgan fingerprint density at radius 2 is 1.89 bits per heavy atom. The molecule has 2 fully saturated rings. The van der Waals surface area contributed by atoms with Crippen molar-refractivity contribution in [2.45, 2.75) is 75.3 Å². The van der Waals surface area contributed by atoms with Gasteiger partial charge < -0.3 is 19.9 Å². The number of carbonyl (C=O) groups is 1. The fourth-order valence-electron chi connectivity index (χ4n) is 4.50. The number of anilines is 2. The van der Waals surface area contributed by atoms with Crippen LogP contribution in [-0.2, 0) is 4.74 Å². The number of hydrogen-bond donors (Lipinski definition) is 1. The van der Waals surface area contributed by atoms with E-state index in [1.807, 2.05) is 45.3 Å². The van der Waals surface area contributed by atoms with E-state index in [-0.39, 0.29) is 17.9 Å². The quantitative estimate of drug-likeness (QED) is 0.461. The van der Waals surface area contributed by atoms with Crippen LogP contribution in [0, 0.1) is 5.41 Å². The van der Waals surface area contributed by atoms with E-state index in [9.17, 15) is 4.79 Å². The molecule has 0 atom stereocenters. The van der Waals surface area contributed by atoms with Crippen molar-refractivity contribution in [2.24, 2.45) is 5.41 Å². The van der Waals surface area contributed by atoms with Gasteiger partial charge in [-0.3, -0.25) is 0 Å². The molecule has 0 aliphatic carbocycles. The lowest BCUT2D eigenvalue weighted by Gasteiger charge is -2.40. The highest BCUT2D eigenvalue weighted by atomic mass is 35.5. The molecule has 2 aliphatic heterocycles. The second kappa shape index (κ2) is 11.5. The normalized spacial score (nSPS) is 19.1. The molecule has 36 heavy (non-hydrogen) atoms. The lowest BCUT2D eigenvalue weighted by atomic mass is 9.80. The SMILES string of the molecule is [2H]C1CCN(c2cccc(Sc3cnc(N4CCC(C)(CNC(=O)OC(C)(C)C)CC4)cn3)c2Cl)CC1. The number of aromatic nitrogens is 2. The third kappa shape index (κ3) is 7.19. The van der Waals surface area contributed by atoms with Crippen molar-refractivity contribution in [2.75, 3.05) is 42.5 Å². The molecule has 3 heterocycles. The minimum atomic E-state index is -0.495. The molecular weight excluding hydrogens is 494 g/mol. The number of halogens is 1. The molecule has 2 saturated heterocycles. The van der Waals surface area contributed by atoms with Gasteiger partial charge in [0.05, 0.1) is 23.1 Å². The molecule has 0 bridgehead atoms. The van der Waals surface area contributed by atoms with Crippen molar-refractivity contribution < 1.29 is 10.9 Å². The first-order valence-corrected chi connectivity index (χ1v) is 13.9. The largest absolute Gasteiger partial charge is 0.444 e. The van der Waals surface area contributed by atoms with Crippen molar-refractivity contribution >= 4 is 41.0 Å². The minimum Gasteiger partial charge on any atom is -0.444 e. The summed E-state index contributed by atoms with van der Waals surface area (Å²) in [6.45, 7) is 11.9. The van der Waals surface area contributed by atoms with E-state index in [1.165, 1.54) is 11.8 Å². The van der Waals surface area contributed by atoms with E-state index in [0.29, 0.717) is 6.54 Å². The number of carbonyl (C=O) groups excluding carboxylic acids is 1. The standard InChI is InChI=1S/C27H38ClN5O2S/c1-26(2,3)35-25(34)31-19-27(4)11-15-33(16-12-27)22-17-30-23(18-29-22)36-21-10-8-9-20(24(21)28)32-13-6-5-7-14-32/h8-10,17-18H,5-7,11-16,19H2,1-4H3,(H,31,34)/i5D. The average molecular weight is 533 g/mol. The van der Waals surface area contributed by atoms with E-state index in [4.69, 9.17) is 17.7 Å². The van der Waals surface area contributed by atoms with Gasteiger partial charge in [0.1, 0.15) is 16.4 Å². The summed E-state index contributed by atoms with van der Waals surface area (Å²) in [7, 11) is 0. The molecule has 7 nitrogen and oxygen atoms in total. The highest BCUT2D eigenvalue weighted by Gasteiger charge is 2.31. The smallest absolute Gasteiger partial charge is 0.407 e. The predicted molar refractivity (Wildman–Crippen MR) is 147 cm³/mol. The van der Waals surface area contributed by atoms with Crippen LogP contribution in [-0.4, -0.2) is 54.4 Å². The van der Waals surface area contributed by atoms with Crippen molar-refractivity contribution in [3.63, 3.8) is 0 Å². The maximum Gasteiger partial charge on any atom is 0.407 e. The van der Waals surface area contributed by atoms with Crippen LogP contribution in [0.1, 0.15) is 61.1 Å². The van der Waals surface area contributed by atoms with Gasteiger partial charge in [-0.2, -0.15) is 0 Å². The van der Waals surface area contributed by atoms with Crippen LogP contribution < -0.4 is 15.1 Å². The van der Waals surface area contributed by atoms with E-state index < -0.39 is 5.60 Å². The molecule has 1 aromatic carbocycles. The molecule has 2 aliphatic rings. The van der Waals surface area contributed by atoms with Gasteiger partial charge in [-0.1, -0.05) is 36.4 Å². The Hall–Kier alpha value is -2.19. The van der Waals surface area contributed by atoms with E-state index >= 15 is 0 Å². The fourth-order valence-corrected chi connectivity index (χ4v) is 5.64. The maximum absolute atomic E-state index is 12.0. The molecule has 9 heteroatoms. The summed E-state index contributed by atoms with van der Waals surface area (Å²) in [5.74, 6) is 0.865. The molecule has 1 aromatic heterocycles. The summed E-state index contributed by atoms with van der Waals surface area (Å²) in [5, 5.41) is 4.47. The minimum absolute atomic E-state index is 0.0221. The summed E-state index contributed by atoms with van der Waals surface area (Å²) in [6.07, 6.45) is 6.95. The lowest BCUT2D eigenvalue weighted by Crippen LogP contribution is -2.45. The summed E-state index contributed by atoms with van der Waals surface area (Å²) in [5.41, 5.74) is 0.556. The Morgan fingerprint density at radius 1 is 1.17 bits per heavy atom. The van der Waals surface area contributed by atoms with Crippen molar-refractivity contribution in [3.05, 3.63) is 35.6 Å². The van der Waals surface area contributed by atoms with E-state index in [2.05, 4.69) is 38.1 Å². The Labute approximate surface area is 225 Å². The summed E-state index contributed by atoms with van der Waals surface area (Å²) in [4.78, 5) is 26.9. The van der Waals surface area contributed by atoms with Gasteiger partial charge in [-0.15, -0.1) is 0 Å². The van der Waals surface area contributed by atoms with Gasteiger partial charge in [-0.25, -0.2) is 14.8 Å². The van der Waals surface area contributed by atoms with Gasteiger partial charge in [0.2, 0.25) is 0 Å². The van der Waals surface area contributed by atoms with Crippen LogP contribution in [0.15, 0.2) is 40.5 Å². The number of hydrogen-bond acceptors (Lipinski definition) is 7. The van der Waals surface area contributed by atoms with Crippen LogP contribution in [0.4, 0.5) is 16.3 Å². The van der Waals surface area contributed by atoms with Crippen molar-refractivity contribution in [3.8, 4) is 0 Å². The highest BCUT2D eigenvalue weighted by molar-refractivity contribution is 7.99. The van der Waals surface area contributed by atoms with Crippen LogP contribution in [0.3, 0.4) is 0 Å². The third-order valence-electron chi connectivity index (χ3n) is 6.67. The summed E-state index contributed by atoms with van der Waals surface area (Å²) >= 11 is 8.31. The van der Waals surface area contributed by atoms with E-state index in [0.717, 1.165) is 78.3 Å². The maximum atomic E-state index is 12.0. The van der Waals surface area contributed by atoms with Crippen molar-refractivity contribution in [1.29, 1.82) is 0 Å². The van der Waals surface area contributed by atoms with Crippen LogP contribution in [0.2, 0.25) is 5.02 Å². The zero-order valence-electron chi connectivity index (χ0n) is 22.7. The molecule has 0 saturated carbocycles. The third-order valence-corrected chi connectivity index (χ3v) is 8.16. The molecule has 0 unspecified atom stereocenters. The van der Waals surface area contributed by atoms with Crippen LogP contribution >= 0.6 is 23.4 Å². The molecule has 0 spiro atoms. The zero-order valence-corrected chi connectivity index (χ0v) is 23.3. The number of ether oxygens (including phenoxy) is 1. The Kier molecular flexibility index (Phi) is 8.11. The van der Waals surface area contributed by atoms with Crippen LogP contribution in [0.25, 0.3) is 0 Å². The first-order valence-electron chi connectivity index (χ1n) is 13.3. The first kappa shape index (κ1) is 25.5. The van der Waals surface area contributed by atoms with Gasteiger partial charge in [0.25, 0.3) is 0 Å². The first-order chi connectivity index (χ1) is 17.5. The number of benzene rings is 1. The van der Waals surface area contributed by atoms with Crippen molar-refractivity contribution in [1.82, 2.24) is 15.3 Å². The molecule has 1 amide bonds. The molecule has 2 aromatic rings. The molecule has 0 radical (unpaired) electrons. The summed E-state index contributed by atoms with van der Waals surface area (Å²) < 4.78 is 13.3. The molecule has 4 rings (SSSR count).